The first kappa shape index (κ1) is 28.4. The topological polar surface area (TPSA) is 139 Å². The van der Waals surface area contributed by atoms with E-state index in [4.69, 9.17) is 23.7 Å². The molecule has 3 unspecified atom stereocenters. The van der Waals surface area contributed by atoms with E-state index in [1.54, 1.807) is 13.3 Å². The van der Waals surface area contributed by atoms with Crippen LogP contribution < -0.4 is 14.8 Å². The van der Waals surface area contributed by atoms with Gasteiger partial charge in [0.15, 0.2) is 17.5 Å². The number of hydrogen-bond acceptors (Lipinski definition) is 10. The molecule has 3 rings (SSSR count). The van der Waals surface area contributed by atoms with E-state index in [0.29, 0.717) is 6.42 Å². The van der Waals surface area contributed by atoms with Crippen molar-refractivity contribution >= 4 is 24.0 Å². The van der Waals surface area contributed by atoms with Crippen LogP contribution in [0.2, 0.25) is 0 Å². The van der Waals surface area contributed by atoms with Crippen molar-refractivity contribution in [1.29, 1.82) is 0 Å². The molecular weight excluding hydrogens is 496 g/mol. The fraction of sp³-hybridized carbons (Fsp3) is 0.407. The number of rotatable bonds is 8. The van der Waals surface area contributed by atoms with Gasteiger partial charge in [-0.3, -0.25) is 9.59 Å². The maximum absolute atomic E-state index is 13.1. The summed E-state index contributed by atoms with van der Waals surface area (Å²) in [4.78, 5) is 54.9. The number of benzene rings is 1. The van der Waals surface area contributed by atoms with Gasteiger partial charge in [-0.25, -0.2) is 14.6 Å². The van der Waals surface area contributed by atoms with Crippen molar-refractivity contribution in [3.63, 3.8) is 0 Å². The van der Waals surface area contributed by atoms with E-state index in [2.05, 4.69) is 10.3 Å². The maximum atomic E-state index is 13.1. The Kier molecular flexibility index (Phi) is 10.0. The predicted octanol–water partition coefficient (Wildman–Crippen LogP) is 2.91. The summed E-state index contributed by atoms with van der Waals surface area (Å²) in [6.45, 7) is 4.95. The van der Waals surface area contributed by atoms with Crippen molar-refractivity contribution in [2.45, 2.75) is 39.3 Å². The lowest BCUT2D eigenvalue weighted by atomic mass is 9.94. The Hall–Kier alpha value is -4.15. The number of nitrogens with one attached hydrogen (secondary N) is 1. The molecule has 1 aromatic heterocycles. The third-order valence-electron chi connectivity index (χ3n) is 5.41. The first-order valence-corrected chi connectivity index (χ1v) is 12.1. The molecule has 3 atom stereocenters. The van der Waals surface area contributed by atoms with E-state index in [1.165, 1.54) is 19.4 Å². The molecule has 0 spiro atoms. The molecule has 1 radical (unpaired) electrons. The molecule has 0 aliphatic carbocycles. The van der Waals surface area contributed by atoms with Gasteiger partial charge in [-0.2, -0.15) is 0 Å². The highest BCUT2D eigenvalue weighted by Crippen LogP contribution is 2.30. The average Bonchev–Trinajstić information content (AvgIpc) is 2.93. The van der Waals surface area contributed by atoms with Crippen molar-refractivity contribution < 1.29 is 42.9 Å². The summed E-state index contributed by atoms with van der Waals surface area (Å²) in [5, 5.41) is 2.45. The van der Waals surface area contributed by atoms with E-state index in [9.17, 15) is 19.2 Å². The Bertz CT molecular complexity index is 1140. The van der Waals surface area contributed by atoms with Crippen LogP contribution in [0.15, 0.2) is 42.6 Å². The van der Waals surface area contributed by atoms with Gasteiger partial charge < -0.3 is 29.0 Å². The molecule has 1 aromatic carbocycles. The lowest BCUT2D eigenvalue weighted by Gasteiger charge is -2.19. The Labute approximate surface area is 220 Å². The van der Waals surface area contributed by atoms with Crippen LogP contribution in [-0.4, -0.2) is 61.5 Å². The highest BCUT2D eigenvalue weighted by Gasteiger charge is 2.34. The van der Waals surface area contributed by atoms with E-state index in [1.807, 2.05) is 44.2 Å². The molecule has 1 aliphatic rings. The lowest BCUT2D eigenvalue weighted by Crippen LogP contribution is -2.46. The smallest absolute Gasteiger partial charge is 0.493 e. The van der Waals surface area contributed by atoms with Crippen LogP contribution in [0.25, 0.3) is 0 Å². The van der Waals surface area contributed by atoms with Crippen LogP contribution in [0, 0.1) is 18.3 Å². The highest BCUT2D eigenvalue weighted by molar-refractivity contribution is 5.98. The number of methoxy groups -OCH3 is 1. The second kappa shape index (κ2) is 13.4. The molecule has 1 saturated heterocycles. The van der Waals surface area contributed by atoms with Gasteiger partial charge in [-0.15, -0.1) is 0 Å². The van der Waals surface area contributed by atoms with Gasteiger partial charge in [0.2, 0.25) is 5.75 Å². The monoisotopic (exact) mass is 527 g/mol. The van der Waals surface area contributed by atoms with E-state index >= 15 is 0 Å². The zero-order valence-electron chi connectivity index (χ0n) is 21.7. The third kappa shape index (κ3) is 7.92. The first-order valence-electron chi connectivity index (χ1n) is 12.1. The quantitative estimate of drug-likeness (QED) is 0.403. The van der Waals surface area contributed by atoms with Crippen LogP contribution in [0.5, 0.6) is 11.5 Å². The van der Waals surface area contributed by atoms with E-state index in [0.717, 1.165) is 5.56 Å². The summed E-state index contributed by atoms with van der Waals surface area (Å²) in [6.07, 6.45) is 1.44. The number of carbonyl (C=O) groups is 4. The van der Waals surface area contributed by atoms with Crippen molar-refractivity contribution in [2.24, 2.45) is 11.8 Å². The third-order valence-corrected chi connectivity index (χ3v) is 5.41. The summed E-state index contributed by atoms with van der Waals surface area (Å²) in [5.74, 6) is -3.10. The SMILES string of the molecule is COc1ccnc(C(=O)NC2COC(=O)C(Cc3ccccc3)[CH]C(C)OC2=O)c1OC(=O)OCC(C)C. The van der Waals surface area contributed by atoms with Crippen LogP contribution in [-0.2, 0) is 30.2 Å². The summed E-state index contributed by atoms with van der Waals surface area (Å²) < 4.78 is 26.2. The van der Waals surface area contributed by atoms with E-state index < -0.39 is 48.7 Å². The van der Waals surface area contributed by atoms with Crippen LogP contribution in [0.3, 0.4) is 0 Å². The van der Waals surface area contributed by atoms with Crippen LogP contribution in [0.4, 0.5) is 4.79 Å². The van der Waals surface area contributed by atoms with Crippen molar-refractivity contribution in [3.05, 3.63) is 60.3 Å². The zero-order valence-corrected chi connectivity index (χ0v) is 21.7. The number of pyridine rings is 1. The molecular formula is C27H31N2O9. The van der Waals surface area contributed by atoms with Crippen LogP contribution >= 0.6 is 0 Å². The maximum Gasteiger partial charge on any atom is 0.514 e. The predicted molar refractivity (Wildman–Crippen MR) is 133 cm³/mol. The summed E-state index contributed by atoms with van der Waals surface area (Å²) in [5.41, 5.74) is 0.572. The number of esters is 2. The number of nitrogens with zero attached hydrogens (tertiary/aromatic N) is 1. The molecule has 0 saturated carbocycles. The van der Waals surface area contributed by atoms with Gasteiger partial charge in [-0.05, 0) is 24.8 Å². The number of cyclic esters (lactones) is 2. The Morgan fingerprint density at radius 1 is 1.13 bits per heavy atom. The summed E-state index contributed by atoms with van der Waals surface area (Å²) in [7, 11) is 1.32. The largest absolute Gasteiger partial charge is 0.514 e. The lowest BCUT2D eigenvalue weighted by molar-refractivity contribution is -0.152. The Morgan fingerprint density at radius 3 is 2.55 bits per heavy atom. The fourth-order valence-corrected chi connectivity index (χ4v) is 3.60. The number of amides is 1. The molecule has 203 valence electrons. The molecule has 0 bridgehead atoms. The van der Waals surface area contributed by atoms with Gasteiger partial charge in [0.25, 0.3) is 5.91 Å². The number of aromatic nitrogens is 1. The Balaban J connectivity index is 1.75. The summed E-state index contributed by atoms with van der Waals surface area (Å²) in [6, 6.07) is 9.40. The highest BCUT2D eigenvalue weighted by atomic mass is 16.7. The molecule has 2 aromatic rings. The minimum atomic E-state index is -1.34. The van der Waals surface area contributed by atoms with Gasteiger partial charge in [0, 0.05) is 18.7 Å². The summed E-state index contributed by atoms with van der Waals surface area (Å²) >= 11 is 0. The number of carbonyl (C=O) groups excluding carboxylic acids is 4. The number of hydrogen-bond donors (Lipinski definition) is 1. The average molecular weight is 528 g/mol. The molecule has 2 heterocycles. The molecule has 1 N–H and O–H groups in total. The van der Waals surface area contributed by atoms with Gasteiger partial charge >= 0.3 is 18.1 Å². The second-order valence-corrected chi connectivity index (χ2v) is 9.03. The van der Waals surface area contributed by atoms with Crippen molar-refractivity contribution in [2.75, 3.05) is 20.3 Å². The van der Waals surface area contributed by atoms with Gasteiger partial charge in [-0.1, -0.05) is 44.2 Å². The van der Waals surface area contributed by atoms with Crippen LogP contribution in [0.1, 0.15) is 36.8 Å². The van der Waals surface area contributed by atoms with Gasteiger partial charge in [0.05, 0.1) is 19.6 Å². The molecule has 1 amide bonds. The second-order valence-electron chi connectivity index (χ2n) is 9.03. The standard InChI is InChI=1S/C27H31N2O9/c1-16(2)14-36-27(33)38-23-21(34-4)10-11-28-22(23)24(30)29-20-15-35-25(31)19(12-17(3)37-26(20)32)13-18-8-6-5-7-9-18/h5-12,16-17,19-20H,13-15H2,1-4H3,(H,29,30). The molecule has 1 aliphatic heterocycles. The number of ether oxygens (including phenoxy) is 5. The van der Waals surface area contributed by atoms with E-state index in [-0.39, 0.29) is 29.7 Å². The molecule has 11 nitrogen and oxygen atoms in total. The Morgan fingerprint density at radius 2 is 1.87 bits per heavy atom. The molecule has 1 fully saturated rings. The molecule has 11 heteroatoms. The minimum Gasteiger partial charge on any atom is -0.493 e. The first-order chi connectivity index (χ1) is 18.2. The zero-order chi connectivity index (χ0) is 27.7. The molecule has 38 heavy (non-hydrogen) atoms. The van der Waals surface area contributed by atoms with Gasteiger partial charge in [0.1, 0.15) is 12.7 Å². The fourth-order valence-electron chi connectivity index (χ4n) is 3.60. The van der Waals surface area contributed by atoms with Crippen molar-refractivity contribution in [1.82, 2.24) is 10.3 Å². The van der Waals surface area contributed by atoms with Crippen molar-refractivity contribution in [3.8, 4) is 11.5 Å². The normalized spacial score (nSPS) is 19.8. The minimum absolute atomic E-state index is 0.0436.